The number of alkyl halides is 1. The fourth-order valence-electron chi connectivity index (χ4n) is 2.45. The van der Waals surface area contributed by atoms with Gasteiger partial charge in [0.1, 0.15) is 5.75 Å². The molecule has 0 aliphatic carbocycles. The van der Waals surface area contributed by atoms with Crippen LogP contribution in [-0.2, 0) is 11.2 Å². The Morgan fingerprint density at radius 1 is 1.33 bits per heavy atom. The predicted octanol–water partition coefficient (Wildman–Crippen LogP) is 3.93. The van der Waals surface area contributed by atoms with E-state index in [4.69, 9.17) is 32.7 Å². The molecule has 1 aliphatic rings. The monoisotopic (exact) mass is 288 g/mol. The first-order valence-electron chi connectivity index (χ1n) is 6.15. The van der Waals surface area contributed by atoms with E-state index < -0.39 is 0 Å². The minimum absolute atomic E-state index is 0.109. The van der Waals surface area contributed by atoms with Gasteiger partial charge in [0, 0.05) is 24.1 Å². The Morgan fingerprint density at radius 3 is 2.67 bits per heavy atom. The van der Waals surface area contributed by atoms with Crippen LogP contribution < -0.4 is 4.74 Å². The second-order valence-corrected chi connectivity index (χ2v) is 5.58. The van der Waals surface area contributed by atoms with Crippen LogP contribution >= 0.6 is 23.2 Å². The van der Waals surface area contributed by atoms with Crippen molar-refractivity contribution in [1.29, 1.82) is 0 Å². The zero-order chi connectivity index (χ0) is 13.0. The van der Waals surface area contributed by atoms with Crippen molar-refractivity contribution in [2.45, 2.75) is 19.3 Å². The molecule has 1 saturated heterocycles. The van der Waals surface area contributed by atoms with E-state index in [0.29, 0.717) is 5.88 Å². The Bertz CT molecular complexity index is 401. The van der Waals surface area contributed by atoms with E-state index in [2.05, 4.69) is 0 Å². The summed E-state index contributed by atoms with van der Waals surface area (Å²) in [5.41, 5.74) is 1.24. The number of methoxy groups -OCH3 is 1. The fraction of sp³-hybridized carbons (Fsp3) is 0.571. The van der Waals surface area contributed by atoms with Crippen molar-refractivity contribution in [2.24, 2.45) is 5.41 Å². The summed E-state index contributed by atoms with van der Waals surface area (Å²) in [6.45, 7) is 1.57. The van der Waals surface area contributed by atoms with Crippen LogP contribution in [0.15, 0.2) is 18.2 Å². The highest BCUT2D eigenvalue weighted by molar-refractivity contribution is 6.30. The summed E-state index contributed by atoms with van der Waals surface area (Å²) >= 11 is 12.3. The minimum atomic E-state index is 0.109. The van der Waals surface area contributed by atoms with E-state index in [-0.39, 0.29) is 5.41 Å². The highest BCUT2D eigenvalue weighted by Gasteiger charge is 2.32. The molecule has 0 aromatic heterocycles. The maximum Gasteiger partial charge on any atom is 0.122 e. The van der Waals surface area contributed by atoms with Gasteiger partial charge in [0.2, 0.25) is 0 Å². The Labute approximate surface area is 118 Å². The molecule has 0 saturated carbocycles. The van der Waals surface area contributed by atoms with Gasteiger partial charge in [-0.25, -0.2) is 0 Å². The molecule has 100 valence electrons. The SMILES string of the molecule is COc1ccc(Cl)cc1CC1(CCl)CCOCC1. The summed E-state index contributed by atoms with van der Waals surface area (Å²) in [5, 5.41) is 0.739. The van der Waals surface area contributed by atoms with Crippen LogP contribution in [0.4, 0.5) is 0 Å². The van der Waals surface area contributed by atoms with Crippen LogP contribution in [-0.4, -0.2) is 26.2 Å². The molecular formula is C14H18Cl2O2. The number of hydrogen-bond acceptors (Lipinski definition) is 2. The van der Waals surface area contributed by atoms with Crippen molar-refractivity contribution in [1.82, 2.24) is 0 Å². The second kappa shape index (κ2) is 6.14. The zero-order valence-electron chi connectivity index (χ0n) is 10.5. The number of halogens is 2. The van der Waals surface area contributed by atoms with E-state index in [1.54, 1.807) is 7.11 Å². The van der Waals surface area contributed by atoms with Crippen molar-refractivity contribution >= 4 is 23.2 Å². The molecular weight excluding hydrogens is 271 g/mol. The number of ether oxygens (including phenoxy) is 2. The molecule has 0 N–H and O–H groups in total. The molecule has 0 radical (unpaired) electrons. The van der Waals surface area contributed by atoms with E-state index in [1.807, 2.05) is 18.2 Å². The van der Waals surface area contributed by atoms with Gasteiger partial charge in [-0.3, -0.25) is 0 Å². The van der Waals surface area contributed by atoms with Gasteiger partial charge in [0.05, 0.1) is 7.11 Å². The van der Waals surface area contributed by atoms with Crippen LogP contribution in [0.3, 0.4) is 0 Å². The van der Waals surface area contributed by atoms with E-state index in [9.17, 15) is 0 Å². The van der Waals surface area contributed by atoms with E-state index in [1.165, 1.54) is 0 Å². The lowest BCUT2D eigenvalue weighted by Crippen LogP contribution is -2.33. The van der Waals surface area contributed by atoms with Crippen LogP contribution in [0, 0.1) is 5.41 Å². The lowest BCUT2D eigenvalue weighted by molar-refractivity contribution is 0.0255. The van der Waals surface area contributed by atoms with Crippen LogP contribution in [0.25, 0.3) is 0 Å². The van der Waals surface area contributed by atoms with Gasteiger partial charge in [0.25, 0.3) is 0 Å². The molecule has 0 amide bonds. The number of rotatable bonds is 4. The molecule has 0 atom stereocenters. The smallest absolute Gasteiger partial charge is 0.122 e. The topological polar surface area (TPSA) is 18.5 Å². The third kappa shape index (κ3) is 3.11. The van der Waals surface area contributed by atoms with Crippen molar-refractivity contribution in [3.05, 3.63) is 28.8 Å². The third-order valence-corrected chi connectivity index (χ3v) is 4.45. The summed E-state index contributed by atoms with van der Waals surface area (Å²) in [6, 6.07) is 5.74. The molecule has 1 aromatic rings. The zero-order valence-corrected chi connectivity index (χ0v) is 12.1. The first-order chi connectivity index (χ1) is 8.69. The Balaban J connectivity index is 2.23. The Morgan fingerprint density at radius 2 is 2.06 bits per heavy atom. The van der Waals surface area contributed by atoms with Gasteiger partial charge >= 0.3 is 0 Å². The number of benzene rings is 1. The maximum absolute atomic E-state index is 6.19. The van der Waals surface area contributed by atoms with Crippen LogP contribution in [0.1, 0.15) is 18.4 Å². The van der Waals surface area contributed by atoms with Crippen molar-refractivity contribution < 1.29 is 9.47 Å². The Kier molecular flexibility index (Phi) is 4.77. The maximum atomic E-state index is 6.19. The van der Waals surface area contributed by atoms with Gasteiger partial charge < -0.3 is 9.47 Å². The standard InChI is InChI=1S/C14H18Cl2O2/c1-17-13-3-2-12(16)8-11(13)9-14(10-15)4-6-18-7-5-14/h2-3,8H,4-7,9-10H2,1H3. The second-order valence-electron chi connectivity index (χ2n) is 4.88. The van der Waals surface area contributed by atoms with Gasteiger partial charge in [-0.05, 0) is 48.4 Å². The average Bonchev–Trinajstić information content (AvgIpc) is 2.40. The summed E-state index contributed by atoms with van der Waals surface area (Å²) in [6.07, 6.45) is 2.88. The lowest BCUT2D eigenvalue weighted by atomic mass is 9.77. The van der Waals surface area contributed by atoms with Crippen molar-refractivity contribution in [2.75, 3.05) is 26.2 Å². The predicted molar refractivity (Wildman–Crippen MR) is 74.9 cm³/mol. The van der Waals surface area contributed by atoms with Gasteiger partial charge in [0.15, 0.2) is 0 Å². The molecule has 4 heteroatoms. The van der Waals surface area contributed by atoms with Gasteiger partial charge in [-0.1, -0.05) is 11.6 Å². The van der Waals surface area contributed by atoms with Crippen LogP contribution in [0.5, 0.6) is 5.75 Å². The average molecular weight is 289 g/mol. The normalized spacial score (nSPS) is 18.6. The fourth-order valence-corrected chi connectivity index (χ4v) is 3.01. The summed E-state index contributed by atoms with van der Waals surface area (Å²) in [4.78, 5) is 0. The molecule has 0 unspecified atom stereocenters. The molecule has 0 spiro atoms. The van der Waals surface area contributed by atoms with Gasteiger partial charge in [-0.15, -0.1) is 11.6 Å². The lowest BCUT2D eigenvalue weighted by Gasteiger charge is -2.36. The highest BCUT2D eigenvalue weighted by atomic mass is 35.5. The molecule has 1 fully saturated rings. The highest BCUT2D eigenvalue weighted by Crippen LogP contribution is 2.38. The molecule has 18 heavy (non-hydrogen) atoms. The molecule has 0 bridgehead atoms. The van der Waals surface area contributed by atoms with Crippen molar-refractivity contribution in [3.8, 4) is 5.75 Å². The van der Waals surface area contributed by atoms with E-state index >= 15 is 0 Å². The summed E-state index contributed by atoms with van der Waals surface area (Å²) < 4.78 is 10.8. The first kappa shape index (κ1) is 14.0. The molecule has 1 aromatic carbocycles. The molecule has 1 heterocycles. The largest absolute Gasteiger partial charge is 0.496 e. The first-order valence-corrected chi connectivity index (χ1v) is 7.06. The quantitative estimate of drug-likeness (QED) is 0.782. The van der Waals surface area contributed by atoms with E-state index in [0.717, 1.165) is 48.8 Å². The van der Waals surface area contributed by atoms with Crippen LogP contribution in [0.2, 0.25) is 5.02 Å². The Hall–Kier alpha value is -0.440. The molecule has 1 aliphatic heterocycles. The number of hydrogen-bond donors (Lipinski definition) is 0. The summed E-state index contributed by atoms with van der Waals surface area (Å²) in [5.74, 6) is 1.53. The minimum Gasteiger partial charge on any atom is -0.496 e. The van der Waals surface area contributed by atoms with Gasteiger partial charge in [-0.2, -0.15) is 0 Å². The third-order valence-electron chi connectivity index (χ3n) is 3.64. The summed E-state index contributed by atoms with van der Waals surface area (Å²) in [7, 11) is 1.68. The van der Waals surface area contributed by atoms with Crippen molar-refractivity contribution in [3.63, 3.8) is 0 Å². The molecule has 2 rings (SSSR count). The molecule has 2 nitrogen and oxygen atoms in total.